The molecule has 3 N–H and O–H groups in total. The molecule has 2 unspecified atom stereocenters. The number of aliphatic hydroxyl groups is 1. The summed E-state index contributed by atoms with van der Waals surface area (Å²) in [5.74, 6) is 1.77. The number of urea groups is 1. The molecule has 1 aliphatic rings. The number of carbonyl (C=O) groups excluding carboxylic acids is 1. The Hall–Kier alpha value is -1.63. The van der Waals surface area contributed by atoms with E-state index in [2.05, 4.69) is 20.8 Å². The highest BCUT2D eigenvalue weighted by molar-refractivity contribution is 5.74. The molecule has 7 heteroatoms. The van der Waals surface area contributed by atoms with Crippen molar-refractivity contribution >= 4 is 6.03 Å². The molecule has 0 radical (unpaired) electrons. The summed E-state index contributed by atoms with van der Waals surface area (Å²) < 4.78 is 5.27. The second kappa shape index (κ2) is 8.29. The maximum atomic E-state index is 11.8. The quantitative estimate of drug-likeness (QED) is 0.715. The molecule has 130 valence electrons. The number of aliphatic hydroxyl groups excluding tert-OH is 1. The standard InChI is InChI=1S/C16H28N4O3/c1-10(2)13(21)8-9-17-16(22)18-11(3)15-19-14(20-23-15)12-6-4-5-7-12/h10-13,21H,4-9H2,1-3H3,(H2,17,18,22). The number of aromatic nitrogens is 2. The van der Waals surface area contributed by atoms with Crippen molar-refractivity contribution in [1.29, 1.82) is 0 Å². The normalized spacial score (nSPS) is 18.1. The number of amides is 2. The van der Waals surface area contributed by atoms with Gasteiger partial charge in [-0.3, -0.25) is 0 Å². The summed E-state index contributed by atoms with van der Waals surface area (Å²) in [5.41, 5.74) is 0. The summed E-state index contributed by atoms with van der Waals surface area (Å²) >= 11 is 0. The summed E-state index contributed by atoms with van der Waals surface area (Å²) in [6.45, 7) is 6.14. The van der Waals surface area contributed by atoms with Crippen LogP contribution >= 0.6 is 0 Å². The maximum Gasteiger partial charge on any atom is 0.315 e. The lowest BCUT2D eigenvalue weighted by Gasteiger charge is -2.15. The van der Waals surface area contributed by atoms with Crippen molar-refractivity contribution in [3.8, 4) is 0 Å². The highest BCUT2D eigenvalue weighted by atomic mass is 16.5. The van der Waals surface area contributed by atoms with Gasteiger partial charge in [-0.05, 0) is 32.1 Å². The number of rotatable bonds is 7. The number of carbonyl (C=O) groups is 1. The Balaban J connectivity index is 1.75. The zero-order valence-corrected chi connectivity index (χ0v) is 14.2. The average molecular weight is 324 g/mol. The van der Waals surface area contributed by atoms with Crippen LogP contribution in [0.15, 0.2) is 4.52 Å². The number of hydrogen-bond donors (Lipinski definition) is 3. The van der Waals surface area contributed by atoms with Gasteiger partial charge >= 0.3 is 6.03 Å². The van der Waals surface area contributed by atoms with Crippen molar-refractivity contribution in [2.24, 2.45) is 5.92 Å². The van der Waals surface area contributed by atoms with Gasteiger partial charge in [0.15, 0.2) is 5.82 Å². The molecule has 0 bridgehead atoms. The molecule has 1 heterocycles. The minimum absolute atomic E-state index is 0.186. The van der Waals surface area contributed by atoms with E-state index in [0.29, 0.717) is 24.8 Å². The molecule has 1 aliphatic carbocycles. The Labute approximate surface area is 137 Å². The van der Waals surface area contributed by atoms with E-state index in [0.717, 1.165) is 18.7 Å². The smallest absolute Gasteiger partial charge is 0.315 e. The summed E-state index contributed by atoms with van der Waals surface area (Å²) in [5, 5.41) is 19.2. The zero-order valence-electron chi connectivity index (χ0n) is 14.2. The number of hydrogen-bond acceptors (Lipinski definition) is 5. The van der Waals surface area contributed by atoms with Crippen LogP contribution in [0.25, 0.3) is 0 Å². The molecule has 7 nitrogen and oxygen atoms in total. The fourth-order valence-corrected chi connectivity index (χ4v) is 2.75. The molecule has 1 aromatic rings. The van der Waals surface area contributed by atoms with Gasteiger partial charge in [-0.25, -0.2) is 4.79 Å². The Morgan fingerprint density at radius 3 is 2.70 bits per heavy atom. The summed E-state index contributed by atoms with van der Waals surface area (Å²) in [6.07, 6.45) is 4.78. The lowest BCUT2D eigenvalue weighted by Crippen LogP contribution is -2.38. The van der Waals surface area contributed by atoms with Crippen LogP contribution in [0.4, 0.5) is 4.79 Å². The van der Waals surface area contributed by atoms with Gasteiger partial charge in [-0.15, -0.1) is 0 Å². The molecule has 1 aromatic heterocycles. The molecule has 0 aliphatic heterocycles. The zero-order chi connectivity index (χ0) is 16.8. The van der Waals surface area contributed by atoms with E-state index >= 15 is 0 Å². The van der Waals surface area contributed by atoms with E-state index in [1.165, 1.54) is 12.8 Å². The van der Waals surface area contributed by atoms with E-state index in [1.807, 2.05) is 20.8 Å². The second-order valence-corrected chi connectivity index (χ2v) is 6.69. The predicted molar refractivity (Wildman–Crippen MR) is 85.9 cm³/mol. The van der Waals surface area contributed by atoms with Gasteiger partial charge in [0.05, 0.1) is 6.10 Å². The number of nitrogens with zero attached hydrogens (tertiary/aromatic N) is 2. The molecular weight excluding hydrogens is 296 g/mol. The van der Waals surface area contributed by atoms with Crippen molar-refractivity contribution in [2.45, 2.75) is 70.9 Å². The van der Waals surface area contributed by atoms with Crippen molar-refractivity contribution in [3.63, 3.8) is 0 Å². The Morgan fingerprint density at radius 2 is 2.04 bits per heavy atom. The fraction of sp³-hybridized carbons (Fsp3) is 0.812. The Morgan fingerprint density at radius 1 is 1.35 bits per heavy atom. The summed E-state index contributed by atoms with van der Waals surface area (Å²) in [4.78, 5) is 16.3. The second-order valence-electron chi connectivity index (χ2n) is 6.69. The predicted octanol–water partition coefficient (Wildman–Crippen LogP) is 2.49. The summed E-state index contributed by atoms with van der Waals surface area (Å²) in [7, 11) is 0. The van der Waals surface area contributed by atoms with Crippen molar-refractivity contribution < 1.29 is 14.4 Å². The van der Waals surface area contributed by atoms with Crippen molar-refractivity contribution in [3.05, 3.63) is 11.7 Å². The SMILES string of the molecule is CC(NC(=O)NCCC(O)C(C)C)c1nc(C2CCCC2)no1. The van der Waals surface area contributed by atoms with E-state index in [4.69, 9.17) is 4.52 Å². The summed E-state index contributed by atoms with van der Waals surface area (Å²) in [6, 6.07) is -0.637. The van der Waals surface area contributed by atoms with Crippen LogP contribution in [-0.4, -0.2) is 33.9 Å². The van der Waals surface area contributed by atoms with Crippen LogP contribution in [0.3, 0.4) is 0 Å². The van der Waals surface area contributed by atoms with Gasteiger partial charge < -0.3 is 20.3 Å². The van der Waals surface area contributed by atoms with Crippen LogP contribution in [0.2, 0.25) is 0 Å². The minimum atomic E-state index is -0.405. The van der Waals surface area contributed by atoms with Gasteiger partial charge in [-0.2, -0.15) is 4.98 Å². The topological polar surface area (TPSA) is 100 Å². The lowest BCUT2D eigenvalue weighted by atomic mass is 10.0. The third-order valence-electron chi connectivity index (χ3n) is 4.39. The van der Waals surface area contributed by atoms with Crippen LogP contribution in [0, 0.1) is 5.92 Å². The van der Waals surface area contributed by atoms with Gasteiger partial charge in [0.2, 0.25) is 5.89 Å². The highest BCUT2D eigenvalue weighted by Gasteiger charge is 2.24. The fourth-order valence-electron chi connectivity index (χ4n) is 2.75. The third-order valence-corrected chi connectivity index (χ3v) is 4.39. The molecule has 2 rings (SSSR count). The Kier molecular flexibility index (Phi) is 6.38. The van der Waals surface area contributed by atoms with Gasteiger partial charge in [0.1, 0.15) is 6.04 Å². The van der Waals surface area contributed by atoms with Crippen LogP contribution in [-0.2, 0) is 0 Å². The maximum absolute atomic E-state index is 11.8. The largest absolute Gasteiger partial charge is 0.393 e. The highest BCUT2D eigenvalue weighted by Crippen LogP contribution is 2.32. The first-order chi connectivity index (χ1) is 11.0. The van der Waals surface area contributed by atoms with Crippen LogP contribution in [0.1, 0.15) is 76.6 Å². The van der Waals surface area contributed by atoms with E-state index in [9.17, 15) is 9.90 Å². The first-order valence-electron chi connectivity index (χ1n) is 8.53. The lowest BCUT2D eigenvalue weighted by molar-refractivity contribution is 0.116. The molecule has 2 atom stereocenters. The molecule has 23 heavy (non-hydrogen) atoms. The van der Waals surface area contributed by atoms with Crippen molar-refractivity contribution in [2.75, 3.05) is 6.54 Å². The molecule has 1 fully saturated rings. The van der Waals surface area contributed by atoms with Gasteiger partial charge in [0, 0.05) is 12.5 Å². The molecule has 2 amide bonds. The third kappa shape index (κ3) is 5.20. The Bertz CT molecular complexity index is 497. The van der Waals surface area contributed by atoms with Gasteiger partial charge in [0.25, 0.3) is 0 Å². The molecular formula is C16H28N4O3. The van der Waals surface area contributed by atoms with Crippen LogP contribution < -0.4 is 10.6 Å². The molecule has 0 spiro atoms. The first-order valence-corrected chi connectivity index (χ1v) is 8.53. The average Bonchev–Trinajstić information content (AvgIpc) is 3.17. The van der Waals surface area contributed by atoms with E-state index < -0.39 is 6.10 Å². The first kappa shape index (κ1) is 17.7. The monoisotopic (exact) mass is 324 g/mol. The van der Waals surface area contributed by atoms with Gasteiger partial charge in [-0.1, -0.05) is 31.8 Å². The molecule has 0 saturated heterocycles. The number of nitrogens with one attached hydrogen (secondary N) is 2. The van der Waals surface area contributed by atoms with E-state index in [-0.39, 0.29) is 18.0 Å². The molecule has 1 saturated carbocycles. The van der Waals surface area contributed by atoms with Crippen LogP contribution in [0.5, 0.6) is 0 Å². The minimum Gasteiger partial charge on any atom is -0.393 e. The molecule has 0 aromatic carbocycles. The van der Waals surface area contributed by atoms with Crippen molar-refractivity contribution in [1.82, 2.24) is 20.8 Å². The van der Waals surface area contributed by atoms with E-state index in [1.54, 1.807) is 0 Å².